The summed E-state index contributed by atoms with van der Waals surface area (Å²) in [5.74, 6) is 0.283. The number of amides is 1. The molecule has 1 unspecified atom stereocenters. The predicted molar refractivity (Wildman–Crippen MR) is 71.0 cm³/mol. The average molecular weight is 250 g/mol. The minimum atomic E-state index is -0.853. The van der Waals surface area contributed by atoms with Gasteiger partial charge in [-0.05, 0) is 31.4 Å². The fourth-order valence-corrected chi connectivity index (χ4v) is 1.97. The molecule has 0 aromatic carbocycles. The monoisotopic (exact) mass is 250 g/mol. The van der Waals surface area contributed by atoms with Crippen molar-refractivity contribution in [3.05, 3.63) is 30.1 Å². The molecule has 1 atom stereocenters. The van der Waals surface area contributed by atoms with E-state index in [1.807, 2.05) is 32.0 Å². The van der Waals surface area contributed by atoms with Gasteiger partial charge in [-0.2, -0.15) is 0 Å². The van der Waals surface area contributed by atoms with Crippen LogP contribution in [0.1, 0.15) is 32.9 Å². The van der Waals surface area contributed by atoms with Gasteiger partial charge in [-0.1, -0.05) is 19.9 Å². The van der Waals surface area contributed by atoms with Crippen LogP contribution in [0.4, 0.5) is 0 Å². The number of aromatic nitrogens is 1. The Morgan fingerprint density at radius 2 is 2.22 bits per heavy atom. The van der Waals surface area contributed by atoms with Gasteiger partial charge in [0.05, 0.1) is 12.0 Å². The van der Waals surface area contributed by atoms with Crippen LogP contribution in [0.15, 0.2) is 24.4 Å². The first-order valence-corrected chi connectivity index (χ1v) is 6.28. The third kappa shape index (κ3) is 5.77. The summed E-state index contributed by atoms with van der Waals surface area (Å²) in [6.45, 7) is 6.11. The van der Waals surface area contributed by atoms with E-state index in [2.05, 4.69) is 10.3 Å². The van der Waals surface area contributed by atoms with Crippen LogP contribution in [0.3, 0.4) is 0 Å². The van der Waals surface area contributed by atoms with Gasteiger partial charge in [0.2, 0.25) is 5.91 Å². The second-order valence-corrected chi connectivity index (χ2v) is 5.37. The highest BCUT2D eigenvalue weighted by Crippen LogP contribution is 2.14. The van der Waals surface area contributed by atoms with Crippen molar-refractivity contribution in [1.82, 2.24) is 10.3 Å². The molecule has 1 rings (SSSR count). The number of carbonyl (C=O) groups excluding carboxylic acids is 1. The fourth-order valence-electron chi connectivity index (χ4n) is 1.97. The molecule has 0 saturated carbocycles. The van der Waals surface area contributed by atoms with Gasteiger partial charge in [-0.15, -0.1) is 0 Å². The molecule has 0 aliphatic carbocycles. The molecule has 2 N–H and O–H groups in total. The van der Waals surface area contributed by atoms with E-state index in [1.54, 1.807) is 13.1 Å². The summed E-state index contributed by atoms with van der Waals surface area (Å²) in [5.41, 5.74) is -0.119. The van der Waals surface area contributed by atoms with Crippen LogP contribution in [0, 0.1) is 5.92 Å². The molecule has 4 heteroatoms. The van der Waals surface area contributed by atoms with Crippen LogP contribution in [0.25, 0.3) is 0 Å². The molecule has 100 valence electrons. The fraction of sp³-hybridized carbons (Fsp3) is 0.571. The largest absolute Gasteiger partial charge is 0.388 e. The molecule has 1 aromatic rings. The van der Waals surface area contributed by atoms with E-state index >= 15 is 0 Å². The molecule has 1 aromatic heterocycles. The summed E-state index contributed by atoms with van der Waals surface area (Å²) in [4.78, 5) is 15.8. The lowest BCUT2D eigenvalue weighted by atomic mass is 9.94. The second kappa shape index (κ2) is 6.50. The summed E-state index contributed by atoms with van der Waals surface area (Å²) >= 11 is 0. The van der Waals surface area contributed by atoms with Crippen molar-refractivity contribution < 1.29 is 9.90 Å². The minimum Gasteiger partial charge on any atom is -0.388 e. The number of nitrogens with one attached hydrogen (secondary N) is 1. The minimum absolute atomic E-state index is 0.113. The zero-order chi connectivity index (χ0) is 13.6. The Balaban J connectivity index is 2.37. The SMILES string of the molecule is CC(C)CC(C)(O)CNC(=O)Cc1ccccn1. The molecule has 0 saturated heterocycles. The Kier molecular flexibility index (Phi) is 5.28. The standard InChI is InChI=1S/C14H22N2O2/c1-11(2)9-14(3,18)10-16-13(17)8-12-6-4-5-7-15-12/h4-7,11,18H,8-10H2,1-3H3,(H,16,17). The van der Waals surface area contributed by atoms with Crippen LogP contribution in [-0.4, -0.2) is 28.1 Å². The number of pyridine rings is 1. The average Bonchev–Trinajstić information content (AvgIpc) is 2.26. The van der Waals surface area contributed by atoms with E-state index in [1.165, 1.54) is 0 Å². The van der Waals surface area contributed by atoms with E-state index in [0.717, 1.165) is 5.69 Å². The number of carbonyl (C=O) groups is 1. The summed E-state index contributed by atoms with van der Waals surface area (Å²) in [5, 5.41) is 12.8. The predicted octanol–water partition coefficient (Wildman–Crippen LogP) is 1.54. The van der Waals surface area contributed by atoms with Gasteiger partial charge < -0.3 is 10.4 Å². The molecular weight excluding hydrogens is 228 g/mol. The quantitative estimate of drug-likeness (QED) is 0.805. The molecule has 1 amide bonds. The Morgan fingerprint density at radius 1 is 1.50 bits per heavy atom. The Hall–Kier alpha value is -1.42. The lowest BCUT2D eigenvalue weighted by Crippen LogP contribution is -2.42. The lowest BCUT2D eigenvalue weighted by Gasteiger charge is -2.25. The zero-order valence-corrected chi connectivity index (χ0v) is 11.3. The maximum atomic E-state index is 11.7. The topological polar surface area (TPSA) is 62.2 Å². The highest BCUT2D eigenvalue weighted by molar-refractivity contribution is 5.78. The third-order valence-corrected chi connectivity index (χ3v) is 2.58. The Labute approximate surface area is 108 Å². The molecule has 0 bridgehead atoms. The Bertz CT molecular complexity index is 375. The molecule has 0 spiro atoms. The van der Waals surface area contributed by atoms with Crippen LogP contribution < -0.4 is 5.32 Å². The molecule has 0 fully saturated rings. The number of aliphatic hydroxyl groups is 1. The first kappa shape index (κ1) is 14.6. The highest BCUT2D eigenvalue weighted by atomic mass is 16.3. The number of rotatable bonds is 6. The smallest absolute Gasteiger partial charge is 0.226 e. The molecule has 1 heterocycles. The molecular formula is C14H22N2O2. The van der Waals surface area contributed by atoms with E-state index in [4.69, 9.17) is 0 Å². The lowest BCUT2D eigenvalue weighted by molar-refractivity contribution is -0.121. The van der Waals surface area contributed by atoms with Gasteiger partial charge in [-0.3, -0.25) is 9.78 Å². The summed E-state index contributed by atoms with van der Waals surface area (Å²) < 4.78 is 0. The van der Waals surface area contributed by atoms with E-state index in [-0.39, 0.29) is 18.9 Å². The first-order valence-electron chi connectivity index (χ1n) is 6.28. The van der Waals surface area contributed by atoms with Crippen LogP contribution >= 0.6 is 0 Å². The molecule has 0 aliphatic rings. The van der Waals surface area contributed by atoms with E-state index in [9.17, 15) is 9.90 Å². The van der Waals surface area contributed by atoms with Crippen LogP contribution in [0.5, 0.6) is 0 Å². The van der Waals surface area contributed by atoms with Gasteiger partial charge in [-0.25, -0.2) is 0 Å². The maximum absolute atomic E-state index is 11.7. The van der Waals surface area contributed by atoms with Gasteiger partial charge in [0.15, 0.2) is 0 Å². The third-order valence-electron chi connectivity index (χ3n) is 2.58. The number of nitrogens with zero attached hydrogens (tertiary/aromatic N) is 1. The number of hydrogen-bond donors (Lipinski definition) is 2. The van der Waals surface area contributed by atoms with Crippen LogP contribution in [-0.2, 0) is 11.2 Å². The second-order valence-electron chi connectivity index (χ2n) is 5.37. The summed E-state index contributed by atoms with van der Waals surface area (Å²) in [6.07, 6.45) is 2.58. The van der Waals surface area contributed by atoms with Gasteiger partial charge >= 0.3 is 0 Å². The van der Waals surface area contributed by atoms with Gasteiger partial charge in [0.1, 0.15) is 0 Å². The summed E-state index contributed by atoms with van der Waals surface area (Å²) in [7, 11) is 0. The van der Waals surface area contributed by atoms with Crippen molar-refractivity contribution in [2.75, 3.05) is 6.54 Å². The molecule has 18 heavy (non-hydrogen) atoms. The maximum Gasteiger partial charge on any atom is 0.226 e. The van der Waals surface area contributed by atoms with Crippen molar-refractivity contribution in [1.29, 1.82) is 0 Å². The highest BCUT2D eigenvalue weighted by Gasteiger charge is 2.22. The van der Waals surface area contributed by atoms with Gasteiger partial charge in [0.25, 0.3) is 0 Å². The number of hydrogen-bond acceptors (Lipinski definition) is 3. The molecule has 4 nitrogen and oxygen atoms in total. The Morgan fingerprint density at radius 3 is 2.78 bits per heavy atom. The summed E-state index contributed by atoms with van der Waals surface area (Å²) in [6, 6.07) is 5.48. The van der Waals surface area contributed by atoms with Crippen molar-refractivity contribution in [2.24, 2.45) is 5.92 Å². The molecule has 0 radical (unpaired) electrons. The van der Waals surface area contributed by atoms with E-state index < -0.39 is 5.60 Å². The zero-order valence-electron chi connectivity index (χ0n) is 11.3. The van der Waals surface area contributed by atoms with Crippen molar-refractivity contribution >= 4 is 5.91 Å². The van der Waals surface area contributed by atoms with Crippen molar-refractivity contribution in [2.45, 2.75) is 39.2 Å². The van der Waals surface area contributed by atoms with E-state index in [0.29, 0.717) is 12.3 Å². The first-order chi connectivity index (χ1) is 8.39. The normalized spacial score (nSPS) is 14.3. The van der Waals surface area contributed by atoms with Gasteiger partial charge in [0, 0.05) is 18.4 Å². The van der Waals surface area contributed by atoms with Crippen molar-refractivity contribution in [3.8, 4) is 0 Å². The van der Waals surface area contributed by atoms with Crippen molar-refractivity contribution in [3.63, 3.8) is 0 Å². The molecule has 0 aliphatic heterocycles. The van der Waals surface area contributed by atoms with Crippen LogP contribution in [0.2, 0.25) is 0 Å².